The van der Waals surface area contributed by atoms with Crippen LogP contribution in [0.25, 0.3) is 11.2 Å². The monoisotopic (exact) mass is 494 g/mol. The Morgan fingerprint density at radius 3 is 2.71 bits per heavy atom. The van der Waals surface area contributed by atoms with Crippen LogP contribution in [0, 0.1) is 0 Å². The first-order chi connectivity index (χ1) is 16.8. The van der Waals surface area contributed by atoms with Gasteiger partial charge in [0.1, 0.15) is 11.5 Å². The van der Waals surface area contributed by atoms with E-state index in [1.165, 1.54) is 30.0 Å². The second kappa shape index (κ2) is 10.3. The number of aromatic nitrogens is 4. The number of hydrogen-bond acceptors (Lipinski definition) is 8. The largest absolute Gasteiger partial charge is 0.508 e. The Bertz CT molecular complexity index is 1520. The third-order valence-electron chi connectivity index (χ3n) is 5.18. The summed E-state index contributed by atoms with van der Waals surface area (Å²) in [6, 6.07) is 13.7. The highest BCUT2D eigenvalue weighted by Gasteiger charge is 2.18. The molecule has 0 fully saturated rings. The van der Waals surface area contributed by atoms with E-state index < -0.39 is 17.2 Å². The summed E-state index contributed by atoms with van der Waals surface area (Å²) in [5.41, 5.74) is 3.12. The van der Waals surface area contributed by atoms with Gasteiger partial charge >= 0.3 is 5.69 Å². The van der Waals surface area contributed by atoms with Crippen molar-refractivity contribution in [3.63, 3.8) is 0 Å². The maximum absolute atomic E-state index is 12.6. The minimum atomic E-state index is -0.573. The zero-order chi connectivity index (χ0) is 24.9. The van der Waals surface area contributed by atoms with Crippen LogP contribution in [0.5, 0.6) is 11.5 Å². The summed E-state index contributed by atoms with van der Waals surface area (Å²) in [4.78, 5) is 43.7. The maximum atomic E-state index is 12.6. The molecule has 0 radical (unpaired) electrons. The molecule has 11 nitrogen and oxygen atoms in total. The molecule has 35 heavy (non-hydrogen) atoms. The topological polar surface area (TPSA) is 155 Å². The number of nitrogens with zero attached hydrogens (tertiary/aromatic N) is 4. The van der Waals surface area contributed by atoms with Gasteiger partial charge in [0.2, 0.25) is 0 Å². The Balaban J connectivity index is 1.52. The molecular formula is C23H22N6O5S. The fraction of sp³-hybridized carbons (Fsp3) is 0.174. The van der Waals surface area contributed by atoms with Crippen molar-refractivity contribution in [3.8, 4) is 11.5 Å². The average molecular weight is 495 g/mol. The zero-order valence-corrected chi connectivity index (χ0v) is 19.5. The van der Waals surface area contributed by atoms with Gasteiger partial charge < -0.3 is 14.8 Å². The van der Waals surface area contributed by atoms with Crippen LogP contribution in [0.1, 0.15) is 11.1 Å². The number of carbonyl (C=O) groups is 1. The van der Waals surface area contributed by atoms with Crippen molar-refractivity contribution in [1.29, 1.82) is 0 Å². The number of benzene rings is 2. The Morgan fingerprint density at radius 1 is 1.20 bits per heavy atom. The number of phenols is 2. The van der Waals surface area contributed by atoms with Crippen LogP contribution >= 0.6 is 11.8 Å². The van der Waals surface area contributed by atoms with E-state index in [1.54, 1.807) is 4.57 Å². The van der Waals surface area contributed by atoms with Crippen LogP contribution in [-0.4, -0.2) is 47.2 Å². The van der Waals surface area contributed by atoms with Gasteiger partial charge in [0, 0.05) is 25.2 Å². The number of hydrogen-bond donors (Lipinski definition) is 4. The maximum Gasteiger partial charge on any atom is 0.329 e. The SMILES string of the molecule is Cn1c(=O)[nH]c(=O)c2c1nc(SCC(=O)N/N=C/c1ccc(O)cc1O)n2CCc1ccccc1. The average Bonchev–Trinajstić information content (AvgIpc) is 3.21. The van der Waals surface area contributed by atoms with E-state index >= 15 is 0 Å². The molecule has 0 saturated heterocycles. The van der Waals surface area contributed by atoms with E-state index in [0.29, 0.717) is 23.7 Å². The van der Waals surface area contributed by atoms with Crippen molar-refractivity contribution in [3.05, 3.63) is 80.5 Å². The molecule has 1 amide bonds. The Morgan fingerprint density at radius 2 is 1.97 bits per heavy atom. The third kappa shape index (κ3) is 5.44. The summed E-state index contributed by atoms with van der Waals surface area (Å²) in [6.07, 6.45) is 1.87. The van der Waals surface area contributed by atoms with Crippen LogP contribution in [0.3, 0.4) is 0 Å². The van der Waals surface area contributed by atoms with E-state index in [4.69, 9.17) is 0 Å². The van der Waals surface area contributed by atoms with Crippen LogP contribution in [0.2, 0.25) is 0 Å². The minimum absolute atomic E-state index is 0.0561. The number of amides is 1. The fourth-order valence-corrected chi connectivity index (χ4v) is 4.21. The molecule has 180 valence electrons. The third-order valence-corrected chi connectivity index (χ3v) is 6.15. The normalized spacial score (nSPS) is 11.3. The van der Waals surface area contributed by atoms with E-state index in [9.17, 15) is 24.6 Å². The molecule has 0 unspecified atom stereocenters. The van der Waals surface area contributed by atoms with Crippen LogP contribution in [-0.2, 0) is 24.8 Å². The number of rotatable bonds is 8. The number of aromatic hydroxyl groups is 2. The number of carbonyl (C=O) groups excluding carboxylic acids is 1. The number of aryl methyl sites for hydroxylation is 3. The van der Waals surface area contributed by atoms with Gasteiger partial charge in [0.25, 0.3) is 11.5 Å². The van der Waals surface area contributed by atoms with Gasteiger partial charge in [-0.3, -0.25) is 19.1 Å². The van der Waals surface area contributed by atoms with Gasteiger partial charge in [0.05, 0.1) is 12.0 Å². The minimum Gasteiger partial charge on any atom is -0.508 e. The molecule has 0 atom stereocenters. The van der Waals surface area contributed by atoms with Crippen molar-refractivity contribution < 1.29 is 15.0 Å². The lowest BCUT2D eigenvalue weighted by Crippen LogP contribution is -2.29. The van der Waals surface area contributed by atoms with Gasteiger partial charge in [-0.2, -0.15) is 5.10 Å². The predicted octanol–water partition coefficient (Wildman–Crippen LogP) is 1.32. The number of hydrazone groups is 1. The molecule has 4 N–H and O–H groups in total. The van der Waals surface area contributed by atoms with Crippen molar-refractivity contribution >= 4 is 35.0 Å². The van der Waals surface area contributed by atoms with Gasteiger partial charge in [-0.05, 0) is 24.1 Å². The predicted molar refractivity (Wildman–Crippen MR) is 132 cm³/mol. The van der Waals surface area contributed by atoms with Crippen LogP contribution in [0.15, 0.2) is 68.4 Å². The first-order valence-corrected chi connectivity index (χ1v) is 11.5. The van der Waals surface area contributed by atoms with Crippen molar-refractivity contribution in [2.45, 2.75) is 18.1 Å². The zero-order valence-electron chi connectivity index (χ0n) is 18.6. The number of phenolic OH excluding ortho intramolecular Hbond substituents is 2. The molecule has 0 aliphatic carbocycles. The lowest BCUT2D eigenvalue weighted by Gasteiger charge is -2.08. The molecule has 0 aliphatic rings. The molecule has 4 rings (SSSR count). The second-order valence-corrected chi connectivity index (χ2v) is 8.54. The highest BCUT2D eigenvalue weighted by Crippen LogP contribution is 2.23. The number of aromatic amines is 1. The summed E-state index contributed by atoms with van der Waals surface area (Å²) < 4.78 is 2.96. The molecule has 0 aliphatic heterocycles. The summed E-state index contributed by atoms with van der Waals surface area (Å²) in [6.45, 7) is 0.421. The van der Waals surface area contributed by atoms with Crippen molar-refractivity contribution in [2.75, 3.05) is 5.75 Å². The number of H-pyrrole nitrogens is 1. The number of fused-ring (bicyclic) bond motifs is 1. The molecule has 2 aromatic carbocycles. The van der Waals surface area contributed by atoms with E-state index in [0.717, 1.165) is 23.4 Å². The van der Waals surface area contributed by atoms with Gasteiger partial charge in [0.15, 0.2) is 16.3 Å². The Kier molecular flexibility index (Phi) is 7.01. The summed E-state index contributed by atoms with van der Waals surface area (Å²) in [5, 5.41) is 23.3. The molecule has 2 aromatic heterocycles. The quantitative estimate of drug-likeness (QED) is 0.164. The highest BCUT2D eigenvalue weighted by molar-refractivity contribution is 7.99. The van der Waals surface area contributed by atoms with Crippen molar-refractivity contribution in [2.24, 2.45) is 12.1 Å². The summed E-state index contributed by atoms with van der Waals surface area (Å²) >= 11 is 1.11. The van der Waals surface area contributed by atoms with Gasteiger partial charge in [-0.1, -0.05) is 42.1 Å². The van der Waals surface area contributed by atoms with Gasteiger partial charge in [-0.25, -0.2) is 15.2 Å². The summed E-state index contributed by atoms with van der Waals surface area (Å²) in [7, 11) is 1.52. The summed E-state index contributed by atoms with van der Waals surface area (Å²) in [5.74, 6) is -0.764. The second-order valence-electron chi connectivity index (χ2n) is 7.60. The molecular weight excluding hydrogens is 472 g/mol. The first kappa shape index (κ1) is 23.8. The lowest BCUT2D eigenvalue weighted by molar-refractivity contribution is -0.118. The van der Waals surface area contributed by atoms with Crippen LogP contribution < -0.4 is 16.7 Å². The molecule has 0 bridgehead atoms. The fourth-order valence-electron chi connectivity index (χ4n) is 3.40. The molecule has 2 heterocycles. The molecule has 0 spiro atoms. The standard InChI is InChI=1S/C23H22N6O5S/c1-28-20-19(21(33)26-22(28)34)29(10-9-14-5-3-2-4-6-14)23(25-20)35-13-18(32)27-24-12-15-7-8-16(30)11-17(15)31/h2-8,11-12,30-31H,9-10,13H2,1H3,(H,27,32)(H,26,33,34)/b24-12+. The lowest BCUT2D eigenvalue weighted by atomic mass is 10.1. The van der Waals surface area contributed by atoms with Crippen molar-refractivity contribution in [1.82, 2.24) is 24.5 Å². The molecule has 4 aromatic rings. The van der Waals surface area contributed by atoms with Crippen LogP contribution in [0.4, 0.5) is 0 Å². The van der Waals surface area contributed by atoms with Gasteiger partial charge in [-0.15, -0.1) is 0 Å². The van der Waals surface area contributed by atoms with E-state index in [2.05, 4.69) is 20.5 Å². The molecule has 0 saturated carbocycles. The first-order valence-electron chi connectivity index (χ1n) is 10.5. The highest BCUT2D eigenvalue weighted by atomic mass is 32.2. The number of imidazole rings is 1. The number of thioether (sulfide) groups is 1. The number of nitrogens with one attached hydrogen (secondary N) is 2. The van der Waals surface area contributed by atoms with E-state index in [-0.39, 0.29) is 28.4 Å². The Hall–Kier alpha value is -4.32. The Labute approximate surface area is 202 Å². The van der Waals surface area contributed by atoms with E-state index in [1.807, 2.05) is 30.3 Å². The molecule has 12 heteroatoms. The smallest absolute Gasteiger partial charge is 0.329 e.